The summed E-state index contributed by atoms with van der Waals surface area (Å²) in [6.07, 6.45) is 1.09. The van der Waals surface area contributed by atoms with Gasteiger partial charge in [0.1, 0.15) is 18.3 Å². The SMILES string of the molecule is CCCNC(=O)[C@H](CC)N(Cc1ccc(OC)cc1)C(=O)CN(c1ccc(Cl)cc1)S(=O)(=O)c1ccc(C)cc1. The maximum absolute atomic E-state index is 14.0. The van der Waals surface area contributed by atoms with Crippen LogP contribution in [0.15, 0.2) is 77.7 Å². The third-order valence-corrected chi connectivity index (χ3v) is 8.49. The number of hydrogen-bond donors (Lipinski definition) is 1. The van der Waals surface area contributed by atoms with Crippen LogP contribution in [0.3, 0.4) is 0 Å². The molecule has 8 nitrogen and oxygen atoms in total. The first kappa shape index (κ1) is 31.0. The van der Waals surface area contributed by atoms with Gasteiger partial charge >= 0.3 is 0 Å². The maximum atomic E-state index is 14.0. The molecule has 40 heavy (non-hydrogen) atoms. The van der Waals surface area contributed by atoms with Crippen molar-refractivity contribution in [2.24, 2.45) is 0 Å². The predicted octanol–water partition coefficient (Wildman–Crippen LogP) is 5.19. The van der Waals surface area contributed by atoms with Gasteiger partial charge in [-0.05, 0) is 73.9 Å². The summed E-state index contributed by atoms with van der Waals surface area (Å²) in [5.74, 6) is -0.141. The Hall–Kier alpha value is -3.56. The Bertz CT molecular complexity index is 1380. The molecule has 0 fully saturated rings. The summed E-state index contributed by atoms with van der Waals surface area (Å²) < 4.78 is 34.0. The summed E-state index contributed by atoms with van der Waals surface area (Å²) in [7, 11) is -2.57. The van der Waals surface area contributed by atoms with Crippen molar-refractivity contribution in [3.05, 3.63) is 88.9 Å². The summed E-state index contributed by atoms with van der Waals surface area (Å²) in [6, 6.07) is 19.1. The van der Waals surface area contributed by atoms with Crippen LogP contribution in [0.25, 0.3) is 0 Å². The number of nitrogens with one attached hydrogen (secondary N) is 1. The van der Waals surface area contributed by atoms with E-state index in [0.29, 0.717) is 23.7 Å². The fraction of sp³-hybridized carbons (Fsp3) is 0.333. The van der Waals surface area contributed by atoms with E-state index in [4.69, 9.17) is 16.3 Å². The van der Waals surface area contributed by atoms with Crippen LogP contribution in [0.1, 0.15) is 37.8 Å². The van der Waals surface area contributed by atoms with Gasteiger partial charge in [0.25, 0.3) is 10.0 Å². The van der Waals surface area contributed by atoms with Gasteiger partial charge in [0.15, 0.2) is 0 Å². The molecule has 0 spiro atoms. The van der Waals surface area contributed by atoms with E-state index < -0.39 is 28.5 Å². The molecule has 0 saturated heterocycles. The first-order chi connectivity index (χ1) is 19.1. The van der Waals surface area contributed by atoms with Crippen molar-refractivity contribution in [3.63, 3.8) is 0 Å². The van der Waals surface area contributed by atoms with Crippen LogP contribution < -0.4 is 14.4 Å². The fourth-order valence-electron chi connectivity index (χ4n) is 4.19. The highest BCUT2D eigenvalue weighted by Crippen LogP contribution is 2.26. The maximum Gasteiger partial charge on any atom is 0.264 e. The van der Waals surface area contributed by atoms with Crippen LogP contribution in [0, 0.1) is 6.92 Å². The zero-order chi connectivity index (χ0) is 29.3. The summed E-state index contributed by atoms with van der Waals surface area (Å²) in [5.41, 5.74) is 1.96. The largest absolute Gasteiger partial charge is 0.497 e. The van der Waals surface area contributed by atoms with Gasteiger partial charge in [0.05, 0.1) is 17.7 Å². The molecule has 0 bridgehead atoms. The van der Waals surface area contributed by atoms with E-state index in [1.165, 1.54) is 17.0 Å². The lowest BCUT2D eigenvalue weighted by molar-refractivity contribution is -0.140. The third-order valence-electron chi connectivity index (χ3n) is 6.45. The normalized spacial score (nSPS) is 11.9. The Morgan fingerprint density at radius 2 is 1.57 bits per heavy atom. The smallest absolute Gasteiger partial charge is 0.264 e. The first-order valence-corrected chi connectivity index (χ1v) is 15.0. The molecule has 0 radical (unpaired) electrons. The molecule has 0 unspecified atom stereocenters. The van der Waals surface area contributed by atoms with E-state index in [-0.39, 0.29) is 23.0 Å². The number of halogens is 1. The number of rotatable bonds is 13. The van der Waals surface area contributed by atoms with Crippen LogP contribution in [-0.2, 0) is 26.2 Å². The van der Waals surface area contributed by atoms with Gasteiger partial charge in [0, 0.05) is 18.1 Å². The average molecular weight is 586 g/mol. The van der Waals surface area contributed by atoms with Gasteiger partial charge in [0.2, 0.25) is 11.8 Å². The lowest BCUT2D eigenvalue weighted by atomic mass is 10.1. The van der Waals surface area contributed by atoms with Crippen LogP contribution in [-0.4, -0.2) is 51.4 Å². The van der Waals surface area contributed by atoms with Crippen molar-refractivity contribution >= 4 is 39.1 Å². The zero-order valence-corrected chi connectivity index (χ0v) is 24.8. The fourth-order valence-corrected chi connectivity index (χ4v) is 5.73. The Morgan fingerprint density at radius 3 is 2.12 bits per heavy atom. The minimum absolute atomic E-state index is 0.0512. The number of ether oxygens (including phenoxy) is 1. The van der Waals surface area contributed by atoms with Crippen molar-refractivity contribution in [3.8, 4) is 5.75 Å². The van der Waals surface area contributed by atoms with E-state index in [1.807, 2.05) is 32.9 Å². The molecule has 3 rings (SSSR count). The number of carbonyl (C=O) groups is 2. The first-order valence-electron chi connectivity index (χ1n) is 13.2. The topological polar surface area (TPSA) is 96.0 Å². The van der Waals surface area contributed by atoms with Crippen molar-refractivity contribution in [1.29, 1.82) is 0 Å². The Morgan fingerprint density at radius 1 is 0.950 bits per heavy atom. The molecule has 1 atom stereocenters. The standard InChI is InChI=1S/C30H36ClN3O5S/c1-5-19-32-30(36)28(6-2)33(20-23-9-15-26(39-4)16-10-23)29(35)21-34(25-13-11-24(31)12-14-25)40(37,38)27-17-7-22(3)8-18-27/h7-18,28H,5-6,19-21H2,1-4H3,(H,32,36)/t28-/m0/s1. The molecular weight excluding hydrogens is 550 g/mol. The molecular formula is C30H36ClN3O5S. The molecule has 0 aromatic heterocycles. The number of methoxy groups -OCH3 is 1. The van der Waals surface area contributed by atoms with Gasteiger partial charge in [-0.15, -0.1) is 0 Å². The van der Waals surface area contributed by atoms with Crippen LogP contribution >= 0.6 is 11.6 Å². The predicted molar refractivity (Wildman–Crippen MR) is 158 cm³/mol. The number of hydrogen-bond acceptors (Lipinski definition) is 5. The third kappa shape index (κ3) is 7.76. The number of anilines is 1. The van der Waals surface area contributed by atoms with E-state index in [1.54, 1.807) is 55.6 Å². The van der Waals surface area contributed by atoms with Gasteiger partial charge < -0.3 is 15.0 Å². The second-order valence-corrected chi connectivity index (χ2v) is 11.7. The molecule has 10 heteroatoms. The monoisotopic (exact) mass is 585 g/mol. The molecule has 3 aromatic rings. The van der Waals surface area contributed by atoms with E-state index in [0.717, 1.165) is 21.9 Å². The summed E-state index contributed by atoms with van der Waals surface area (Å²) in [4.78, 5) is 28.7. The highest BCUT2D eigenvalue weighted by molar-refractivity contribution is 7.92. The number of sulfonamides is 1. The van der Waals surface area contributed by atoms with E-state index in [2.05, 4.69) is 5.32 Å². The second-order valence-electron chi connectivity index (χ2n) is 9.39. The summed E-state index contributed by atoms with van der Waals surface area (Å²) in [5, 5.41) is 3.31. The molecule has 0 aliphatic rings. The average Bonchev–Trinajstić information content (AvgIpc) is 2.95. The lowest BCUT2D eigenvalue weighted by Gasteiger charge is -2.33. The van der Waals surface area contributed by atoms with Crippen LogP contribution in [0.2, 0.25) is 5.02 Å². The highest BCUT2D eigenvalue weighted by Gasteiger charge is 2.33. The van der Waals surface area contributed by atoms with Crippen LogP contribution in [0.5, 0.6) is 5.75 Å². The quantitative estimate of drug-likeness (QED) is 0.298. The molecule has 1 N–H and O–H groups in total. The van der Waals surface area contributed by atoms with Gasteiger partial charge in [-0.3, -0.25) is 13.9 Å². The molecule has 0 aliphatic carbocycles. The van der Waals surface area contributed by atoms with E-state index in [9.17, 15) is 18.0 Å². The lowest BCUT2D eigenvalue weighted by Crippen LogP contribution is -2.52. The minimum Gasteiger partial charge on any atom is -0.497 e. The molecule has 0 saturated carbocycles. The van der Waals surface area contributed by atoms with Crippen molar-refractivity contribution in [2.75, 3.05) is 24.5 Å². The van der Waals surface area contributed by atoms with E-state index >= 15 is 0 Å². The minimum atomic E-state index is -4.14. The molecule has 0 heterocycles. The van der Waals surface area contributed by atoms with Crippen molar-refractivity contribution < 1.29 is 22.7 Å². The Kier molecular flexibility index (Phi) is 11.0. The highest BCUT2D eigenvalue weighted by atomic mass is 35.5. The number of carbonyl (C=O) groups excluding carboxylic acids is 2. The molecule has 0 aliphatic heterocycles. The van der Waals surface area contributed by atoms with Gasteiger partial charge in [-0.1, -0.05) is 55.3 Å². The van der Waals surface area contributed by atoms with Gasteiger partial charge in [-0.25, -0.2) is 8.42 Å². The number of nitrogens with zero attached hydrogens (tertiary/aromatic N) is 2. The second kappa shape index (κ2) is 14.2. The van der Waals surface area contributed by atoms with Crippen LogP contribution in [0.4, 0.5) is 5.69 Å². The number of benzene rings is 3. The number of aryl methyl sites for hydroxylation is 1. The van der Waals surface area contributed by atoms with Gasteiger partial charge in [-0.2, -0.15) is 0 Å². The zero-order valence-electron chi connectivity index (χ0n) is 23.3. The molecule has 2 amide bonds. The Labute approximate surface area is 241 Å². The molecule has 3 aromatic carbocycles. The number of amides is 2. The van der Waals surface area contributed by atoms with Crippen molar-refractivity contribution in [1.82, 2.24) is 10.2 Å². The molecule has 214 valence electrons. The summed E-state index contributed by atoms with van der Waals surface area (Å²) in [6.45, 7) is 5.71. The summed E-state index contributed by atoms with van der Waals surface area (Å²) >= 11 is 6.07. The van der Waals surface area contributed by atoms with Crippen molar-refractivity contribution in [2.45, 2.75) is 51.1 Å². The Balaban J connectivity index is 2.03.